The molecule has 0 unspecified atom stereocenters. The highest BCUT2D eigenvalue weighted by atomic mass is 32.2. The number of sulfonamides is 1. The van der Waals surface area contributed by atoms with Crippen molar-refractivity contribution in [1.29, 1.82) is 0 Å². The van der Waals surface area contributed by atoms with Crippen LogP contribution >= 0.6 is 0 Å². The lowest BCUT2D eigenvalue weighted by Crippen LogP contribution is -2.35. The summed E-state index contributed by atoms with van der Waals surface area (Å²) >= 11 is 0. The van der Waals surface area contributed by atoms with Gasteiger partial charge in [0, 0.05) is 52.5 Å². The minimum Gasteiger partial charge on any atom is -0.379 e. The van der Waals surface area contributed by atoms with Crippen LogP contribution in [0.1, 0.15) is 18.5 Å². The molecule has 1 aliphatic rings. The molecule has 1 N–H and O–H groups in total. The number of aryl methyl sites for hydroxylation is 1. The van der Waals surface area contributed by atoms with Gasteiger partial charge in [0.25, 0.3) is 0 Å². The lowest BCUT2D eigenvalue weighted by Gasteiger charge is -2.15. The van der Waals surface area contributed by atoms with Gasteiger partial charge in [0.1, 0.15) is 0 Å². The Kier molecular flexibility index (Phi) is 5.31. The highest BCUT2D eigenvalue weighted by molar-refractivity contribution is 7.89. The van der Waals surface area contributed by atoms with Crippen LogP contribution in [0.5, 0.6) is 0 Å². The zero-order chi connectivity index (χ0) is 15.5. The molecule has 1 aromatic heterocycles. The quantitative estimate of drug-likeness (QED) is 0.706. The first-order valence-corrected chi connectivity index (χ1v) is 8.69. The highest BCUT2D eigenvalue weighted by Gasteiger charge is 2.35. The summed E-state index contributed by atoms with van der Waals surface area (Å²) in [5, 5.41) is 8.12. The molecule has 0 saturated carbocycles. The summed E-state index contributed by atoms with van der Waals surface area (Å²) in [6, 6.07) is 0. The molecule has 1 aromatic rings. The van der Waals surface area contributed by atoms with E-state index in [0.717, 1.165) is 18.8 Å². The first-order chi connectivity index (χ1) is 9.95. The minimum absolute atomic E-state index is 0.0597. The average molecular weight is 317 g/mol. The summed E-state index contributed by atoms with van der Waals surface area (Å²) in [7, 11) is 0.403. The second-order valence-corrected chi connectivity index (χ2v) is 7.35. The third kappa shape index (κ3) is 4.22. The van der Waals surface area contributed by atoms with Crippen molar-refractivity contribution in [2.24, 2.45) is 7.05 Å². The van der Waals surface area contributed by atoms with Gasteiger partial charge in [-0.3, -0.25) is 9.58 Å². The van der Waals surface area contributed by atoms with Crippen LogP contribution in [0, 0.1) is 0 Å². The van der Waals surface area contributed by atoms with Crippen molar-refractivity contribution >= 4 is 10.0 Å². The normalized spacial score (nSPS) is 23.8. The van der Waals surface area contributed by atoms with Crippen molar-refractivity contribution in [3.63, 3.8) is 0 Å². The van der Waals surface area contributed by atoms with E-state index in [1.54, 1.807) is 18.7 Å². The van der Waals surface area contributed by atoms with E-state index in [0.29, 0.717) is 13.1 Å². The Bertz CT molecular complexity index is 559. The van der Waals surface area contributed by atoms with E-state index in [-0.39, 0.29) is 17.8 Å². The fraction of sp³-hybridized carbons (Fsp3) is 0.833. The fourth-order valence-electron chi connectivity index (χ4n) is 2.55. The van der Waals surface area contributed by atoms with E-state index in [4.69, 9.17) is 4.74 Å². The van der Waals surface area contributed by atoms with Gasteiger partial charge in [-0.25, -0.2) is 13.1 Å². The predicted molar refractivity (Wildman–Crippen MR) is 78.4 cm³/mol. The van der Waals surface area contributed by atoms with Crippen molar-refractivity contribution in [2.75, 3.05) is 39.0 Å². The van der Waals surface area contributed by atoms with Gasteiger partial charge >= 0.3 is 0 Å². The molecule has 1 fully saturated rings. The van der Waals surface area contributed by atoms with Gasteiger partial charge in [0.15, 0.2) is 0 Å². The summed E-state index contributed by atoms with van der Waals surface area (Å²) in [6.07, 6.45) is 1.96. The van der Waals surface area contributed by atoms with Crippen molar-refractivity contribution < 1.29 is 13.2 Å². The number of methoxy groups -OCH3 is 1. The standard InChI is InChI=1S/C12H23N5O3S/c1-4-21(18,19)13-5-6-17-7-10(12(9-17)20-3)11-8-16(2)15-14-11/h8,10,12-13H,4-7,9H2,1-3H3/t10-,12+/m0/s1. The number of aromatic nitrogens is 3. The van der Waals surface area contributed by atoms with Crippen LogP contribution in [0.25, 0.3) is 0 Å². The molecule has 0 bridgehead atoms. The number of rotatable bonds is 7. The largest absolute Gasteiger partial charge is 0.379 e. The molecule has 1 saturated heterocycles. The number of hydrogen-bond donors (Lipinski definition) is 1. The molecule has 2 rings (SSSR count). The Morgan fingerprint density at radius 2 is 2.24 bits per heavy atom. The number of nitrogens with one attached hydrogen (secondary N) is 1. The number of hydrogen-bond acceptors (Lipinski definition) is 6. The molecule has 8 nitrogen and oxygen atoms in total. The fourth-order valence-corrected chi connectivity index (χ4v) is 3.16. The smallest absolute Gasteiger partial charge is 0.211 e. The SMILES string of the molecule is CCS(=O)(=O)NCCN1C[C@@H](OC)[C@H](c2cn(C)nn2)C1. The van der Waals surface area contributed by atoms with Gasteiger partial charge in [-0.1, -0.05) is 5.21 Å². The maximum Gasteiger partial charge on any atom is 0.211 e. The second kappa shape index (κ2) is 6.82. The molecule has 0 spiro atoms. The Balaban J connectivity index is 1.90. The third-order valence-corrected chi connectivity index (χ3v) is 5.18. The van der Waals surface area contributed by atoms with Crippen LogP contribution in [-0.2, 0) is 21.8 Å². The molecule has 120 valence electrons. The molecule has 2 heterocycles. The Hall–Kier alpha value is -1.03. The van der Waals surface area contributed by atoms with Gasteiger partial charge in [-0.2, -0.15) is 0 Å². The Morgan fingerprint density at radius 3 is 2.81 bits per heavy atom. The van der Waals surface area contributed by atoms with E-state index in [9.17, 15) is 8.42 Å². The first kappa shape index (κ1) is 16.3. The molecular formula is C12H23N5O3S. The van der Waals surface area contributed by atoms with E-state index in [1.165, 1.54) is 0 Å². The lowest BCUT2D eigenvalue weighted by atomic mass is 10.0. The van der Waals surface area contributed by atoms with Crippen molar-refractivity contribution in [3.8, 4) is 0 Å². The number of likely N-dealkylation sites (tertiary alicyclic amines) is 1. The molecule has 0 aliphatic carbocycles. The summed E-state index contributed by atoms with van der Waals surface area (Å²) in [4.78, 5) is 2.19. The van der Waals surface area contributed by atoms with Crippen LogP contribution in [-0.4, -0.2) is 73.5 Å². The molecular weight excluding hydrogens is 294 g/mol. The summed E-state index contributed by atoms with van der Waals surface area (Å²) in [5.74, 6) is 0.280. The molecule has 2 atom stereocenters. The lowest BCUT2D eigenvalue weighted by molar-refractivity contribution is 0.0966. The van der Waals surface area contributed by atoms with Gasteiger partial charge in [0.05, 0.1) is 17.6 Å². The van der Waals surface area contributed by atoms with Gasteiger partial charge in [-0.05, 0) is 6.92 Å². The number of nitrogens with zero attached hydrogens (tertiary/aromatic N) is 4. The summed E-state index contributed by atoms with van der Waals surface area (Å²) in [6.45, 7) is 4.27. The van der Waals surface area contributed by atoms with Crippen molar-refractivity contribution in [3.05, 3.63) is 11.9 Å². The second-order valence-electron chi connectivity index (χ2n) is 5.26. The van der Waals surface area contributed by atoms with Crippen LogP contribution in [0.15, 0.2) is 6.20 Å². The summed E-state index contributed by atoms with van der Waals surface area (Å²) < 4.78 is 32.6. The van der Waals surface area contributed by atoms with Crippen molar-refractivity contribution in [2.45, 2.75) is 18.9 Å². The van der Waals surface area contributed by atoms with Crippen LogP contribution in [0.2, 0.25) is 0 Å². The van der Waals surface area contributed by atoms with Crippen LogP contribution < -0.4 is 4.72 Å². The number of ether oxygens (including phenoxy) is 1. The summed E-state index contributed by atoms with van der Waals surface area (Å²) in [5.41, 5.74) is 0.918. The van der Waals surface area contributed by atoms with Crippen molar-refractivity contribution in [1.82, 2.24) is 24.6 Å². The topological polar surface area (TPSA) is 89.4 Å². The monoisotopic (exact) mass is 317 g/mol. The van der Waals surface area contributed by atoms with Crippen LogP contribution in [0.4, 0.5) is 0 Å². The predicted octanol–water partition coefficient (Wildman–Crippen LogP) is -0.831. The van der Waals surface area contributed by atoms with E-state index in [2.05, 4.69) is 19.9 Å². The Labute approximate surface area is 125 Å². The van der Waals surface area contributed by atoms with E-state index < -0.39 is 10.0 Å². The van der Waals surface area contributed by atoms with E-state index >= 15 is 0 Å². The van der Waals surface area contributed by atoms with Gasteiger partial charge in [-0.15, -0.1) is 5.10 Å². The zero-order valence-electron chi connectivity index (χ0n) is 12.7. The Morgan fingerprint density at radius 1 is 1.48 bits per heavy atom. The van der Waals surface area contributed by atoms with Gasteiger partial charge in [0.2, 0.25) is 10.0 Å². The van der Waals surface area contributed by atoms with E-state index in [1.807, 2.05) is 13.2 Å². The molecule has 0 amide bonds. The highest BCUT2D eigenvalue weighted by Crippen LogP contribution is 2.27. The average Bonchev–Trinajstić information content (AvgIpc) is 3.04. The third-order valence-electron chi connectivity index (χ3n) is 3.77. The maximum atomic E-state index is 11.4. The molecule has 0 radical (unpaired) electrons. The molecule has 21 heavy (non-hydrogen) atoms. The zero-order valence-corrected chi connectivity index (χ0v) is 13.5. The maximum absolute atomic E-state index is 11.4. The molecule has 0 aromatic carbocycles. The van der Waals surface area contributed by atoms with Gasteiger partial charge < -0.3 is 4.74 Å². The first-order valence-electron chi connectivity index (χ1n) is 7.04. The van der Waals surface area contributed by atoms with Crippen LogP contribution in [0.3, 0.4) is 0 Å². The molecule has 1 aliphatic heterocycles. The molecule has 9 heteroatoms. The minimum atomic E-state index is -3.13.